The van der Waals surface area contributed by atoms with Gasteiger partial charge in [-0.2, -0.15) is 13.2 Å². The van der Waals surface area contributed by atoms with Gasteiger partial charge in [-0.3, -0.25) is 9.69 Å². The summed E-state index contributed by atoms with van der Waals surface area (Å²) in [5.74, 6) is 2.56. The van der Waals surface area contributed by atoms with Crippen molar-refractivity contribution in [2.45, 2.75) is 25.1 Å². The molecule has 0 aromatic heterocycles. The number of piperidine rings is 1. The molecule has 0 unspecified atom stereocenters. The van der Waals surface area contributed by atoms with Gasteiger partial charge in [0.1, 0.15) is 0 Å². The lowest BCUT2D eigenvalue weighted by Crippen LogP contribution is -2.55. The Morgan fingerprint density at radius 2 is 1.75 bits per heavy atom. The third-order valence-electron chi connectivity index (χ3n) is 6.33. The molecule has 0 radical (unpaired) electrons. The standard InChI is InChI=1S/C25H26F3N3O/c1-2-19-6-3-7-20(16-19)24(32)31-11-5-10-23(18-31)30-14-12-29(13-15-30)22-9-4-8-21(17-22)25(26,27)28/h1,3-4,6-9,16-17,23H,5,10-15,18H2/t23-/m1/s1. The second kappa shape index (κ2) is 9.25. The van der Waals surface area contributed by atoms with Crippen molar-refractivity contribution in [3.8, 4) is 12.3 Å². The zero-order valence-electron chi connectivity index (χ0n) is 17.8. The third-order valence-corrected chi connectivity index (χ3v) is 6.33. The highest BCUT2D eigenvalue weighted by Gasteiger charge is 2.33. The second-order valence-corrected chi connectivity index (χ2v) is 8.34. The number of likely N-dealkylation sites (tertiary alicyclic amines) is 1. The van der Waals surface area contributed by atoms with Crippen molar-refractivity contribution in [3.05, 3.63) is 65.2 Å². The molecule has 1 atom stereocenters. The summed E-state index contributed by atoms with van der Waals surface area (Å²) in [5.41, 5.74) is 1.28. The summed E-state index contributed by atoms with van der Waals surface area (Å²) in [6.45, 7) is 4.22. The van der Waals surface area contributed by atoms with Crippen LogP contribution in [-0.2, 0) is 6.18 Å². The van der Waals surface area contributed by atoms with Gasteiger partial charge in [0.15, 0.2) is 0 Å². The summed E-state index contributed by atoms with van der Waals surface area (Å²) in [5, 5.41) is 0. The number of benzene rings is 2. The maximum Gasteiger partial charge on any atom is 0.416 e. The molecule has 2 aromatic rings. The Bertz CT molecular complexity index is 1010. The van der Waals surface area contributed by atoms with Gasteiger partial charge in [0.05, 0.1) is 5.56 Å². The normalized spacial score (nSPS) is 20.1. The molecule has 0 bridgehead atoms. The van der Waals surface area contributed by atoms with E-state index in [2.05, 4.69) is 10.8 Å². The zero-order chi connectivity index (χ0) is 22.7. The fourth-order valence-electron chi connectivity index (χ4n) is 4.59. The number of alkyl halides is 3. The molecule has 2 saturated heterocycles. The molecule has 2 fully saturated rings. The van der Waals surface area contributed by atoms with Gasteiger partial charge >= 0.3 is 6.18 Å². The first kappa shape index (κ1) is 22.2. The topological polar surface area (TPSA) is 26.8 Å². The third kappa shape index (κ3) is 4.91. The fraction of sp³-hybridized carbons (Fsp3) is 0.400. The molecule has 168 valence electrons. The van der Waals surface area contributed by atoms with Crippen LogP contribution >= 0.6 is 0 Å². The van der Waals surface area contributed by atoms with E-state index >= 15 is 0 Å². The number of piperazine rings is 1. The number of hydrogen-bond acceptors (Lipinski definition) is 3. The largest absolute Gasteiger partial charge is 0.416 e. The van der Waals surface area contributed by atoms with Crippen LogP contribution in [0.3, 0.4) is 0 Å². The maximum atomic E-state index is 13.0. The number of anilines is 1. The van der Waals surface area contributed by atoms with Crippen molar-refractivity contribution in [2.24, 2.45) is 0 Å². The Hall–Kier alpha value is -2.98. The van der Waals surface area contributed by atoms with Crippen LogP contribution in [-0.4, -0.2) is 61.0 Å². The molecule has 0 saturated carbocycles. The highest BCUT2D eigenvalue weighted by molar-refractivity contribution is 5.94. The van der Waals surface area contributed by atoms with Crippen LogP contribution in [0.5, 0.6) is 0 Å². The Morgan fingerprint density at radius 3 is 2.47 bits per heavy atom. The molecule has 2 heterocycles. The molecular weight excluding hydrogens is 415 g/mol. The average molecular weight is 441 g/mol. The van der Waals surface area contributed by atoms with Gasteiger partial charge in [0, 0.05) is 62.1 Å². The minimum Gasteiger partial charge on any atom is -0.369 e. The van der Waals surface area contributed by atoms with Gasteiger partial charge in [-0.1, -0.05) is 18.1 Å². The number of carbonyl (C=O) groups excluding carboxylic acids is 1. The molecule has 2 aliphatic heterocycles. The number of hydrogen-bond donors (Lipinski definition) is 0. The fourth-order valence-corrected chi connectivity index (χ4v) is 4.59. The molecule has 0 spiro atoms. The second-order valence-electron chi connectivity index (χ2n) is 8.34. The summed E-state index contributed by atoms with van der Waals surface area (Å²) in [7, 11) is 0. The van der Waals surface area contributed by atoms with Crippen LogP contribution in [0.25, 0.3) is 0 Å². The van der Waals surface area contributed by atoms with Crippen LogP contribution in [0.4, 0.5) is 18.9 Å². The lowest BCUT2D eigenvalue weighted by Gasteiger charge is -2.44. The van der Waals surface area contributed by atoms with E-state index in [0.717, 1.165) is 38.5 Å². The van der Waals surface area contributed by atoms with Gasteiger partial charge in [-0.25, -0.2) is 0 Å². The molecular formula is C25H26F3N3O. The first-order valence-electron chi connectivity index (χ1n) is 10.9. The van der Waals surface area contributed by atoms with E-state index < -0.39 is 11.7 Å². The molecule has 0 N–H and O–H groups in total. The van der Waals surface area contributed by atoms with Crippen LogP contribution < -0.4 is 4.90 Å². The quantitative estimate of drug-likeness (QED) is 0.671. The SMILES string of the molecule is C#Cc1cccc(C(=O)N2CCC[C@@H](N3CCN(c4cccc(C(F)(F)F)c4)CC3)C2)c1. The van der Waals surface area contributed by atoms with Crippen molar-refractivity contribution in [1.29, 1.82) is 0 Å². The minimum absolute atomic E-state index is 0.00518. The van der Waals surface area contributed by atoms with Crippen molar-refractivity contribution < 1.29 is 18.0 Å². The predicted octanol–water partition coefficient (Wildman–Crippen LogP) is 4.11. The van der Waals surface area contributed by atoms with E-state index in [4.69, 9.17) is 6.42 Å². The van der Waals surface area contributed by atoms with Crippen molar-refractivity contribution in [2.75, 3.05) is 44.2 Å². The van der Waals surface area contributed by atoms with Crippen molar-refractivity contribution in [3.63, 3.8) is 0 Å². The molecule has 32 heavy (non-hydrogen) atoms. The Balaban J connectivity index is 1.37. The lowest BCUT2D eigenvalue weighted by atomic mass is 10.0. The van der Waals surface area contributed by atoms with Gasteiger partial charge < -0.3 is 9.80 Å². The number of halogens is 3. The van der Waals surface area contributed by atoms with Crippen LogP contribution in [0.2, 0.25) is 0 Å². The predicted molar refractivity (Wildman–Crippen MR) is 119 cm³/mol. The Morgan fingerprint density at radius 1 is 1.00 bits per heavy atom. The number of carbonyl (C=O) groups is 1. The number of amides is 1. The van der Waals surface area contributed by atoms with Crippen molar-refractivity contribution in [1.82, 2.24) is 9.80 Å². The first-order chi connectivity index (χ1) is 15.3. The summed E-state index contributed by atoms with van der Waals surface area (Å²) in [6.07, 6.45) is 3.06. The van der Waals surface area contributed by atoms with E-state index in [9.17, 15) is 18.0 Å². The monoisotopic (exact) mass is 441 g/mol. The van der Waals surface area contributed by atoms with Crippen LogP contribution in [0.1, 0.15) is 34.3 Å². The van der Waals surface area contributed by atoms with Crippen LogP contribution in [0.15, 0.2) is 48.5 Å². The zero-order valence-corrected chi connectivity index (χ0v) is 17.8. The molecule has 0 aliphatic carbocycles. The van der Waals surface area contributed by atoms with E-state index in [0.29, 0.717) is 36.4 Å². The maximum absolute atomic E-state index is 13.0. The highest BCUT2D eigenvalue weighted by Crippen LogP contribution is 2.32. The Labute approximate surface area is 186 Å². The smallest absolute Gasteiger partial charge is 0.369 e. The molecule has 4 nitrogen and oxygen atoms in total. The summed E-state index contributed by atoms with van der Waals surface area (Å²) < 4.78 is 39.1. The molecule has 2 aromatic carbocycles. The van der Waals surface area contributed by atoms with E-state index in [-0.39, 0.29) is 11.9 Å². The molecule has 2 aliphatic rings. The van der Waals surface area contributed by atoms with E-state index in [1.807, 2.05) is 9.80 Å². The lowest BCUT2D eigenvalue weighted by molar-refractivity contribution is -0.137. The molecule has 7 heteroatoms. The van der Waals surface area contributed by atoms with Gasteiger partial charge in [0.25, 0.3) is 5.91 Å². The average Bonchev–Trinajstić information content (AvgIpc) is 2.83. The first-order valence-corrected chi connectivity index (χ1v) is 10.9. The number of nitrogens with zero attached hydrogens (tertiary/aromatic N) is 3. The Kier molecular flexibility index (Phi) is 6.43. The van der Waals surface area contributed by atoms with Gasteiger partial charge in [0.2, 0.25) is 0 Å². The van der Waals surface area contributed by atoms with E-state index in [1.54, 1.807) is 30.3 Å². The van der Waals surface area contributed by atoms with E-state index in [1.165, 1.54) is 12.1 Å². The summed E-state index contributed by atoms with van der Waals surface area (Å²) >= 11 is 0. The summed E-state index contributed by atoms with van der Waals surface area (Å²) in [6, 6.07) is 12.9. The minimum atomic E-state index is -4.34. The van der Waals surface area contributed by atoms with Gasteiger partial charge in [-0.15, -0.1) is 6.42 Å². The van der Waals surface area contributed by atoms with Crippen molar-refractivity contribution >= 4 is 11.6 Å². The highest BCUT2D eigenvalue weighted by atomic mass is 19.4. The van der Waals surface area contributed by atoms with Gasteiger partial charge in [-0.05, 0) is 49.2 Å². The molecule has 4 rings (SSSR count). The molecule has 1 amide bonds. The summed E-state index contributed by atoms with van der Waals surface area (Å²) in [4.78, 5) is 19.2. The number of terminal acetylenes is 1. The number of rotatable bonds is 3. The van der Waals surface area contributed by atoms with Crippen LogP contribution in [0, 0.1) is 12.3 Å².